The van der Waals surface area contributed by atoms with Crippen molar-refractivity contribution in [2.24, 2.45) is 35.5 Å². The van der Waals surface area contributed by atoms with Crippen molar-refractivity contribution < 1.29 is 19.1 Å². The van der Waals surface area contributed by atoms with Gasteiger partial charge in [-0.05, 0) is 103 Å². The Hall–Kier alpha value is -1.89. The van der Waals surface area contributed by atoms with Gasteiger partial charge < -0.3 is 9.47 Å². The van der Waals surface area contributed by atoms with Crippen LogP contribution in [0, 0.1) is 46.0 Å². The molecule has 0 spiro atoms. The fourth-order valence-corrected chi connectivity index (χ4v) is 8.19. The number of aryl methyl sites for hydroxylation is 1. The van der Waals surface area contributed by atoms with E-state index in [0.29, 0.717) is 34.8 Å². The van der Waals surface area contributed by atoms with Crippen LogP contribution in [0.1, 0.15) is 52.0 Å². The monoisotopic (exact) mass is 542 g/mol. The molecule has 6 rings (SSSR count). The van der Waals surface area contributed by atoms with Gasteiger partial charge in [-0.1, -0.05) is 30.3 Å². The van der Waals surface area contributed by atoms with E-state index in [9.17, 15) is 9.59 Å². The van der Waals surface area contributed by atoms with Crippen LogP contribution in [0.4, 0.5) is 0 Å². The van der Waals surface area contributed by atoms with E-state index in [0.717, 1.165) is 27.4 Å². The van der Waals surface area contributed by atoms with Crippen LogP contribution in [0.5, 0.6) is 0 Å². The van der Waals surface area contributed by atoms with E-state index in [1.54, 1.807) is 0 Å². The minimum Gasteiger partial charge on any atom is -0.454 e. The Morgan fingerprint density at radius 3 is 1.91 bits per heavy atom. The molecule has 4 aliphatic rings. The summed E-state index contributed by atoms with van der Waals surface area (Å²) >= 11 is 2.18. The van der Waals surface area contributed by atoms with Crippen LogP contribution < -0.4 is 0 Å². The molecule has 0 saturated heterocycles. The molecule has 0 radical (unpaired) electrons. The molecule has 0 amide bonds. The fourth-order valence-electron chi connectivity index (χ4n) is 7.58. The van der Waals surface area contributed by atoms with E-state index in [2.05, 4.69) is 22.6 Å². The predicted octanol–water partition coefficient (Wildman–Crippen LogP) is 5.66. The third-order valence-electron chi connectivity index (χ3n) is 8.69. The molecule has 4 saturated carbocycles. The van der Waals surface area contributed by atoms with E-state index in [1.807, 2.05) is 55.5 Å². The third-order valence-corrected chi connectivity index (χ3v) is 9.63. The van der Waals surface area contributed by atoms with Gasteiger partial charge in [0, 0.05) is 15.4 Å². The molecular weight excluding hydrogens is 515 g/mol. The molecule has 166 valence electrons. The normalized spacial score (nSPS) is 36.2. The molecule has 8 unspecified atom stereocenters. The Bertz CT molecular complexity index is 997. The first-order valence-corrected chi connectivity index (χ1v) is 12.8. The average Bonchev–Trinajstić information content (AvgIpc) is 3.55. The largest absolute Gasteiger partial charge is 0.454 e. The second-order valence-electron chi connectivity index (χ2n) is 10.1. The summed E-state index contributed by atoms with van der Waals surface area (Å²) in [5.41, 5.74) is 2.10. The Morgan fingerprint density at radius 1 is 0.781 bits per heavy atom. The molecule has 4 nitrogen and oxygen atoms in total. The molecule has 2 aromatic rings. The molecule has 0 N–H and O–H groups in total. The quantitative estimate of drug-likeness (QED) is 0.284. The van der Waals surface area contributed by atoms with Crippen LogP contribution in [0.3, 0.4) is 0 Å². The molecule has 0 aromatic heterocycles. The first kappa shape index (κ1) is 20.7. The number of rotatable bonds is 4. The lowest BCUT2D eigenvalue weighted by molar-refractivity contribution is -0.0891. The third kappa shape index (κ3) is 3.14. The van der Waals surface area contributed by atoms with Gasteiger partial charge in [0.2, 0.25) is 0 Å². The molecule has 4 aliphatic carbocycles. The minimum absolute atomic E-state index is 0.296. The Labute approximate surface area is 202 Å². The van der Waals surface area contributed by atoms with Crippen molar-refractivity contribution >= 4 is 34.5 Å². The summed E-state index contributed by atoms with van der Waals surface area (Å²) in [5, 5.41) is 0. The Morgan fingerprint density at radius 2 is 1.31 bits per heavy atom. The maximum atomic E-state index is 13.1. The number of hydrogen-bond acceptors (Lipinski definition) is 4. The van der Waals surface area contributed by atoms with Crippen molar-refractivity contribution in [2.75, 3.05) is 0 Å². The molecule has 5 heteroatoms. The van der Waals surface area contributed by atoms with Gasteiger partial charge in [0.15, 0.2) is 0 Å². The van der Waals surface area contributed by atoms with Crippen molar-refractivity contribution in [3.8, 4) is 0 Å². The maximum absolute atomic E-state index is 13.1. The molecule has 0 heterocycles. The van der Waals surface area contributed by atoms with Crippen LogP contribution >= 0.6 is 22.6 Å². The number of ether oxygens (including phenoxy) is 2. The van der Waals surface area contributed by atoms with Gasteiger partial charge in [0.25, 0.3) is 0 Å². The zero-order chi connectivity index (χ0) is 22.0. The topological polar surface area (TPSA) is 52.6 Å². The summed E-state index contributed by atoms with van der Waals surface area (Å²) in [7, 11) is 0. The first-order valence-electron chi connectivity index (χ1n) is 11.7. The number of hydrogen-bond donors (Lipinski definition) is 0. The van der Waals surface area contributed by atoms with Crippen molar-refractivity contribution in [3.05, 3.63) is 68.8 Å². The summed E-state index contributed by atoms with van der Waals surface area (Å²) in [4.78, 5) is 26.3. The van der Waals surface area contributed by atoms with Crippen LogP contribution in [0.2, 0.25) is 0 Å². The summed E-state index contributed by atoms with van der Waals surface area (Å²) in [6.07, 6.45) is 4.23. The van der Waals surface area contributed by atoms with Crippen molar-refractivity contribution in [1.29, 1.82) is 0 Å². The number of esters is 2. The molecule has 4 bridgehead atoms. The number of carbonyl (C=O) groups excluding carboxylic acids is 2. The van der Waals surface area contributed by atoms with Gasteiger partial charge in [0.05, 0.1) is 11.1 Å². The van der Waals surface area contributed by atoms with Crippen LogP contribution in [-0.4, -0.2) is 24.1 Å². The van der Waals surface area contributed by atoms with Gasteiger partial charge in [-0.25, -0.2) is 9.59 Å². The highest BCUT2D eigenvalue weighted by molar-refractivity contribution is 14.1. The number of carbonyl (C=O) groups is 2. The molecule has 2 aromatic carbocycles. The second kappa shape index (κ2) is 7.86. The van der Waals surface area contributed by atoms with E-state index in [1.165, 1.54) is 19.3 Å². The Balaban J connectivity index is 1.30. The lowest BCUT2D eigenvalue weighted by Crippen LogP contribution is -2.48. The van der Waals surface area contributed by atoms with Crippen LogP contribution in [0.25, 0.3) is 0 Å². The Kier molecular flexibility index (Phi) is 5.08. The summed E-state index contributed by atoms with van der Waals surface area (Å²) in [5.74, 6) is 2.78. The van der Waals surface area contributed by atoms with E-state index in [-0.39, 0.29) is 24.1 Å². The summed E-state index contributed by atoms with van der Waals surface area (Å²) in [6, 6.07) is 15.0. The highest BCUT2D eigenvalue weighted by Crippen LogP contribution is 2.68. The number of fused-ring (bicyclic) bond motifs is 9. The minimum atomic E-state index is -0.350. The van der Waals surface area contributed by atoms with Crippen molar-refractivity contribution in [1.82, 2.24) is 0 Å². The highest BCUT2D eigenvalue weighted by atomic mass is 127. The van der Waals surface area contributed by atoms with Crippen molar-refractivity contribution in [3.63, 3.8) is 0 Å². The molecule has 4 fully saturated rings. The summed E-state index contributed by atoms with van der Waals surface area (Å²) < 4.78 is 13.3. The SMILES string of the molecule is Cc1ccccc1C(=O)OC1C2CC(C1OC(=O)c1ccccc1I)C1C3CCC(C3)C21. The van der Waals surface area contributed by atoms with Crippen LogP contribution in [0.15, 0.2) is 48.5 Å². The van der Waals surface area contributed by atoms with Gasteiger partial charge in [-0.3, -0.25) is 0 Å². The predicted molar refractivity (Wildman–Crippen MR) is 128 cm³/mol. The van der Waals surface area contributed by atoms with E-state index < -0.39 is 0 Å². The average molecular weight is 542 g/mol. The van der Waals surface area contributed by atoms with Gasteiger partial charge in [-0.15, -0.1) is 0 Å². The fraction of sp³-hybridized carbons (Fsp3) is 0.481. The molecule has 8 atom stereocenters. The smallest absolute Gasteiger partial charge is 0.339 e. The molecule has 32 heavy (non-hydrogen) atoms. The van der Waals surface area contributed by atoms with E-state index in [4.69, 9.17) is 9.47 Å². The molecular formula is C27H27IO4. The first-order chi connectivity index (χ1) is 15.5. The van der Waals surface area contributed by atoms with Gasteiger partial charge in [-0.2, -0.15) is 0 Å². The van der Waals surface area contributed by atoms with Gasteiger partial charge in [0.1, 0.15) is 12.2 Å². The highest BCUT2D eigenvalue weighted by Gasteiger charge is 2.68. The standard InChI is InChI=1S/C27H27IO4/c1-14-6-2-3-7-17(14)26(29)31-24-19-13-20(23-16-11-10-15(12-16)22(19)23)25(24)32-27(30)18-8-4-5-9-21(18)28/h2-9,15-16,19-20,22-25H,10-13H2,1H3. The number of benzene rings is 2. The maximum Gasteiger partial charge on any atom is 0.339 e. The van der Waals surface area contributed by atoms with Crippen LogP contribution in [-0.2, 0) is 9.47 Å². The van der Waals surface area contributed by atoms with E-state index >= 15 is 0 Å². The van der Waals surface area contributed by atoms with Gasteiger partial charge >= 0.3 is 11.9 Å². The van der Waals surface area contributed by atoms with Crippen molar-refractivity contribution in [2.45, 2.75) is 44.8 Å². The number of halogens is 1. The zero-order valence-corrected chi connectivity index (χ0v) is 20.2. The molecule has 0 aliphatic heterocycles. The summed E-state index contributed by atoms with van der Waals surface area (Å²) in [6.45, 7) is 1.93. The second-order valence-corrected chi connectivity index (χ2v) is 11.2. The lowest BCUT2D eigenvalue weighted by atomic mass is 9.69. The lowest BCUT2D eigenvalue weighted by Gasteiger charge is -2.42. The zero-order valence-electron chi connectivity index (χ0n) is 18.1.